The van der Waals surface area contributed by atoms with Crippen LogP contribution in [-0.2, 0) is 11.3 Å². The molecule has 1 aliphatic rings. The largest absolute Gasteiger partial charge is 0.321 e. The van der Waals surface area contributed by atoms with Gasteiger partial charge in [-0.1, -0.05) is 13.8 Å². The van der Waals surface area contributed by atoms with E-state index in [-0.39, 0.29) is 5.54 Å². The van der Waals surface area contributed by atoms with E-state index in [1.165, 1.54) is 28.4 Å². The molecule has 1 aromatic heterocycles. The molecule has 96 valence electrons. The van der Waals surface area contributed by atoms with Crippen LogP contribution in [0.3, 0.4) is 0 Å². The Morgan fingerprint density at radius 2 is 2.12 bits per heavy atom. The summed E-state index contributed by atoms with van der Waals surface area (Å²) in [5.74, 6) is 1.72. The summed E-state index contributed by atoms with van der Waals surface area (Å²) in [6, 6.07) is 0. The molecule has 0 aliphatic heterocycles. The molecule has 1 fully saturated rings. The quantitative estimate of drug-likeness (QED) is 0.883. The third kappa shape index (κ3) is 3.46. The van der Waals surface area contributed by atoms with Crippen molar-refractivity contribution < 1.29 is 0 Å². The topological polar surface area (TPSA) is 38.9 Å². The van der Waals surface area contributed by atoms with Gasteiger partial charge in [0.25, 0.3) is 0 Å². The Morgan fingerprint density at radius 3 is 2.59 bits per heavy atom. The van der Waals surface area contributed by atoms with Gasteiger partial charge in [0.15, 0.2) is 0 Å². The Kier molecular flexibility index (Phi) is 3.86. The van der Waals surface area contributed by atoms with Gasteiger partial charge >= 0.3 is 0 Å². The van der Waals surface area contributed by atoms with Crippen molar-refractivity contribution in [2.45, 2.75) is 63.0 Å². The minimum absolute atomic E-state index is 0.240. The van der Waals surface area contributed by atoms with Crippen molar-refractivity contribution in [1.29, 1.82) is 0 Å². The first-order chi connectivity index (χ1) is 7.88. The summed E-state index contributed by atoms with van der Waals surface area (Å²) in [6.45, 7) is 8.64. The van der Waals surface area contributed by atoms with E-state index in [2.05, 4.69) is 27.7 Å². The number of nitrogens with two attached hydrogens (primary N) is 1. The molecule has 0 radical (unpaired) electrons. The van der Waals surface area contributed by atoms with Crippen LogP contribution in [0.5, 0.6) is 0 Å². The summed E-state index contributed by atoms with van der Waals surface area (Å²) < 4.78 is 0. The standard InChI is InChI=1S/C13H22N2S2/c1-8(2)16-7-10-15-11(9-5-6-9)12(17-10)13(3,4)14/h8-9H,5-7,14H2,1-4H3. The summed E-state index contributed by atoms with van der Waals surface area (Å²) in [4.78, 5) is 6.13. The van der Waals surface area contributed by atoms with E-state index in [0.717, 1.165) is 5.75 Å². The lowest BCUT2D eigenvalue weighted by Gasteiger charge is -2.17. The van der Waals surface area contributed by atoms with Gasteiger partial charge in [-0.05, 0) is 31.9 Å². The minimum atomic E-state index is -0.240. The number of rotatable bonds is 5. The molecule has 2 nitrogen and oxygen atoms in total. The zero-order valence-electron chi connectivity index (χ0n) is 11.1. The third-order valence-electron chi connectivity index (χ3n) is 2.79. The van der Waals surface area contributed by atoms with Crippen molar-refractivity contribution in [2.24, 2.45) is 5.73 Å². The Labute approximate surface area is 112 Å². The van der Waals surface area contributed by atoms with Crippen LogP contribution in [0.1, 0.15) is 62.0 Å². The number of nitrogens with zero attached hydrogens (tertiary/aromatic N) is 1. The van der Waals surface area contributed by atoms with Crippen molar-refractivity contribution in [2.75, 3.05) is 0 Å². The highest BCUT2D eigenvalue weighted by Gasteiger charge is 2.33. The van der Waals surface area contributed by atoms with Gasteiger partial charge in [0, 0.05) is 22.1 Å². The lowest BCUT2D eigenvalue weighted by Crippen LogP contribution is -2.28. The first kappa shape index (κ1) is 13.4. The monoisotopic (exact) mass is 270 g/mol. The lowest BCUT2D eigenvalue weighted by molar-refractivity contribution is 0.558. The van der Waals surface area contributed by atoms with E-state index in [9.17, 15) is 0 Å². The van der Waals surface area contributed by atoms with Crippen molar-refractivity contribution in [3.8, 4) is 0 Å². The Balaban J connectivity index is 2.19. The highest BCUT2D eigenvalue weighted by atomic mass is 32.2. The Morgan fingerprint density at radius 1 is 1.47 bits per heavy atom. The fourth-order valence-electron chi connectivity index (χ4n) is 1.77. The molecule has 4 heteroatoms. The second-order valence-electron chi connectivity index (χ2n) is 5.68. The van der Waals surface area contributed by atoms with Crippen molar-refractivity contribution >= 4 is 23.1 Å². The fourth-order valence-corrected chi connectivity index (χ4v) is 3.71. The first-order valence-electron chi connectivity index (χ1n) is 6.28. The molecular weight excluding hydrogens is 248 g/mol. The molecule has 1 aliphatic carbocycles. The number of hydrogen-bond acceptors (Lipinski definition) is 4. The average Bonchev–Trinajstić information content (AvgIpc) is 2.94. The van der Waals surface area contributed by atoms with E-state index in [4.69, 9.17) is 10.7 Å². The van der Waals surface area contributed by atoms with E-state index in [0.29, 0.717) is 11.2 Å². The van der Waals surface area contributed by atoms with Crippen LogP contribution in [0.2, 0.25) is 0 Å². The highest BCUT2D eigenvalue weighted by molar-refractivity contribution is 7.99. The van der Waals surface area contributed by atoms with Crippen molar-refractivity contribution in [1.82, 2.24) is 4.98 Å². The number of thiazole rings is 1. The van der Waals surface area contributed by atoms with Crippen LogP contribution in [0.4, 0.5) is 0 Å². The molecule has 0 saturated heterocycles. The van der Waals surface area contributed by atoms with Gasteiger partial charge < -0.3 is 5.73 Å². The van der Waals surface area contributed by atoms with Gasteiger partial charge in [0.05, 0.1) is 5.69 Å². The summed E-state index contributed by atoms with van der Waals surface area (Å²) in [7, 11) is 0. The molecule has 2 N–H and O–H groups in total. The van der Waals surface area contributed by atoms with E-state index in [1.807, 2.05) is 23.1 Å². The molecule has 0 aromatic carbocycles. The van der Waals surface area contributed by atoms with Gasteiger partial charge in [-0.2, -0.15) is 11.8 Å². The predicted molar refractivity (Wildman–Crippen MR) is 77.7 cm³/mol. The van der Waals surface area contributed by atoms with Crippen LogP contribution in [-0.4, -0.2) is 10.2 Å². The van der Waals surface area contributed by atoms with Crippen LogP contribution in [0, 0.1) is 0 Å². The normalized spacial score (nSPS) is 16.8. The third-order valence-corrected chi connectivity index (χ3v) is 5.49. The van der Waals surface area contributed by atoms with Crippen LogP contribution >= 0.6 is 23.1 Å². The van der Waals surface area contributed by atoms with E-state index < -0.39 is 0 Å². The summed E-state index contributed by atoms with van der Waals surface area (Å²) >= 11 is 3.78. The smallest absolute Gasteiger partial charge is 0.103 e. The fraction of sp³-hybridized carbons (Fsp3) is 0.769. The van der Waals surface area contributed by atoms with Crippen molar-refractivity contribution in [3.05, 3.63) is 15.6 Å². The van der Waals surface area contributed by atoms with Gasteiger partial charge in [0.1, 0.15) is 5.01 Å². The molecule has 0 bridgehead atoms. The maximum absolute atomic E-state index is 6.26. The summed E-state index contributed by atoms with van der Waals surface area (Å²) in [5.41, 5.74) is 7.31. The molecule has 2 rings (SSSR count). The molecular formula is C13H22N2S2. The molecule has 0 atom stereocenters. The number of aromatic nitrogens is 1. The predicted octanol–water partition coefficient (Wildman–Crippen LogP) is 3.86. The molecule has 1 aromatic rings. The second kappa shape index (κ2) is 4.90. The molecule has 1 heterocycles. The van der Waals surface area contributed by atoms with Crippen molar-refractivity contribution in [3.63, 3.8) is 0 Å². The maximum atomic E-state index is 6.26. The Hall–Kier alpha value is -0.0600. The van der Waals surface area contributed by atoms with Crippen LogP contribution in [0.25, 0.3) is 0 Å². The maximum Gasteiger partial charge on any atom is 0.103 e. The van der Waals surface area contributed by atoms with Crippen LogP contribution in [0.15, 0.2) is 0 Å². The summed E-state index contributed by atoms with van der Waals surface area (Å²) in [6.07, 6.45) is 2.59. The zero-order chi connectivity index (χ0) is 12.6. The van der Waals surface area contributed by atoms with Gasteiger partial charge in [-0.25, -0.2) is 4.98 Å². The second-order valence-corrected chi connectivity index (χ2v) is 8.33. The van der Waals surface area contributed by atoms with Gasteiger partial charge in [0.2, 0.25) is 0 Å². The highest BCUT2D eigenvalue weighted by Crippen LogP contribution is 2.45. The number of thioether (sulfide) groups is 1. The summed E-state index contributed by atoms with van der Waals surface area (Å²) in [5, 5.41) is 1.91. The van der Waals surface area contributed by atoms with Gasteiger partial charge in [-0.15, -0.1) is 11.3 Å². The molecule has 0 unspecified atom stereocenters. The lowest BCUT2D eigenvalue weighted by atomic mass is 10.0. The van der Waals surface area contributed by atoms with E-state index in [1.54, 1.807) is 0 Å². The Bertz CT molecular complexity index is 387. The molecule has 0 amide bonds. The van der Waals surface area contributed by atoms with Gasteiger partial charge in [-0.3, -0.25) is 0 Å². The SMILES string of the molecule is CC(C)SCc1nc(C2CC2)c(C(C)(C)N)s1. The first-order valence-corrected chi connectivity index (χ1v) is 8.15. The molecule has 1 saturated carbocycles. The van der Waals surface area contributed by atoms with E-state index >= 15 is 0 Å². The van der Waals surface area contributed by atoms with Crippen LogP contribution < -0.4 is 5.73 Å². The average molecular weight is 270 g/mol. The molecule has 0 spiro atoms. The zero-order valence-corrected chi connectivity index (χ0v) is 12.8. The minimum Gasteiger partial charge on any atom is -0.321 e. The number of hydrogen-bond donors (Lipinski definition) is 1. The molecule has 17 heavy (non-hydrogen) atoms.